The van der Waals surface area contributed by atoms with Crippen LogP contribution in [0, 0.1) is 11.6 Å². The first-order valence-electron chi connectivity index (χ1n) is 6.00. The van der Waals surface area contributed by atoms with Gasteiger partial charge in [-0.2, -0.15) is 0 Å². The van der Waals surface area contributed by atoms with Gasteiger partial charge in [0, 0.05) is 23.2 Å². The van der Waals surface area contributed by atoms with Gasteiger partial charge in [-0.15, -0.1) is 0 Å². The summed E-state index contributed by atoms with van der Waals surface area (Å²) in [5.41, 5.74) is 1.24. The fourth-order valence-electron chi connectivity index (χ4n) is 1.88. The molecule has 0 bridgehead atoms. The molecule has 0 fully saturated rings. The van der Waals surface area contributed by atoms with Gasteiger partial charge in [0.15, 0.2) is 11.6 Å². The van der Waals surface area contributed by atoms with E-state index in [4.69, 9.17) is 11.6 Å². The van der Waals surface area contributed by atoms with Crippen molar-refractivity contribution in [2.45, 2.75) is 19.5 Å². The highest BCUT2D eigenvalue weighted by atomic mass is 35.5. The maximum absolute atomic E-state index is 13.5. The van der Waals surface area contributed by atoms with Crippen molar-refractivity contribution in [3.8, 4) is 0 Å². The Kier molecular flexibility index (Phi) is 4.51. The summed E-state index contributed by atoms with van der Waals surface area (Å²) in [6.07, 6.45) is 0. The molecular formula is C15H14ClF2N. The van der Waals surface area contributed by atoms with E-state index < -0.39 is 11.6 Å². The van der Waals surface area contributed by atoms with Crippen molar-refractivity contribution >= 4 is 11.6 Å². The molecule has 0 spiro atoms. The van der Waals surface area contributed by atoms with Crippen LogP contribution in [-0.2, 0) is 6.54 Å². The third-order valence-corrected chi connectivity index (χ3v) is 3.35. The molecule has 0 aliphatic rings. The van der Waals surface area contributed by atoms with Crippen molar-refractivity contribution in [3.63, 3.8) is 0 Å². The lowest BCUT2D eigenvalue weighted by Gasteiger charge is -2.16. The third-order valence-electron chi connectivity index (χ3n) is 3.00. The molecule has 0 aromatic heterocycles. The Labute approximate surface area is 116 Å². The smallest absolute Gasteiger partial charge is 0.163 e. The van der Waals surface area contributed by atoms with Crippen molar-refractivity contribution in [1.29, 1.82) is 0 Å². The average molecular weight is 282 g/mol. The molecule has 2 aromatic carbocycles. The minimum atomic E-state index is -0.829. The largest absolute Gasteiger partial charge is 0.306 e. The second-order valence-electron chi connectivity index (χ2n) is 4.34. The van der Waals surface area contributed by atoms with E-state index >= 15 is 0 Å². The minimum Gasteiger partial charge on any atom is -0.306 e. The average Bonchev–Trinajstić information content (AvgIpc) is 2.40. The standard InChI is InChI=1S/C15H14ClF2N/c1-10(12-6-2-3-7-13(12)16)19-9-11-5-4-8-14(17)15(11)18/h2-8,10,19H,9H2,1H3/t10-/m0/s1. The van der Waals surface area contributed by atoms with Crippen LogP contribution in [0.25, 0.3) is 0 Å². The summed E-state index contributed by atoms with van der Waals surface area (Å²) >= 11 is 6.08. The SMILES string of the molecule is C[C@H](NCc1cccc(F)c1F)c1ccccc1Cl. The van der Waals surface area contributed by atoms with Crippen LogP contribution in [0.2, 0.25) is 5.02 Å². The monoisotopic (exact) mass is 281 g/mol. The molecule has 4 heteroatoms. The fourth-order valence-corrected chi connectivity index (χ4v) is 2.18. The second kappa shape index (κ2) is 6.13. The molecule has 0 aliphatic heterocycles. The molecule has 0 unspecified atom stereocenters. The number of hydrogen-bond donors (Lipinski definition) is 1. The summed E-state index contributed by atoms with van der Waals surface area (Å²) in [5, 5.41) is 3.79. The number of benzene rings is 2. The molecule has 1 nitrogen and oxygen atoms in total. The van der Waals surface area contributed by atoms with Crippen LogP contribution in [0.15, 0.2) is 42.5 Å². The Morgan fingerprint density at radius 3 is 2.58 bits per heavy atom. The van der Waals surface area contributed by atoms with Gasteiger partial charge < -0.3 is 5.32 Å². The maximum Gasteiger partial charge on any atom is 0.163 e. The highest BCUT2D eigenvalue weighted by molar-refractivity contribution is 6.31. The summed E-state index contributed by atoms with van der Waals surface area (Å²) in [4.78, 5) is 0. The topological polar surface area (TPSA) is 12.0 Å². The Bertz CT molecular complexity index is 572. The molecule has 2 aromatic rings. The van der Waals surface area contributed by atoms with E-state index in [1.807, 2.05) is 25.1 Å². The molecular weight excluding hydrogens is 268 g/mol. The highest BCUT2D eigenvalue weighted by Crippen LogP contribution is 2.22. The van der Waals surface area contributed by atoms with Gasteiger partial charge in [0.25, 0.3) is 0 Å². The van der Waals surface area contributed by atoms with E-state index in [1.165, 1.54) is 6.07 Å². The second-order valence-corrected chi connectivity index (χ2v) is 4.74. The van der Waals surface area contributed by atoms with Gasteiger partial charge in [-0.1, -0.05) is 41.9 Å². The van der Waals surface area contributed by atoms with Gasteiger partial charge in [-0.3, -0.25) is 0 Å². The van der Waals surface area contributed by atoms with E-state index in [1.54, 1.807) is 12.1 Å². The predicted molar refractivity (Wildman–Crippen MR) is 73.1 cm³/mol. The lowest BCUT2D eigenvalue weighted by molar-refractivity contribution is 0.484. The quantitative estimate of drug-likeness (QED) is 0.872. The van der Waals surface area contributed by atoms with Crippen molar-refractivity contribution < 1.29 is 8.78 Å². The first kappa shape index (κ1) is 14.0. The lowest BCUT2D eigenvalue weighted by Crippen LogP contribution is -2.19. The Morgan fingerprint density at radius 1 is 1.11 bits per heavy atom. The summed E-state index contributed by atoms with van der Waals surface area (Å²) in [7, 11) is 0. The van der Waals surface area contributed by atoms with Crippen molar-refractivity contribution in [2.75, 3.05) is 0 Å². The van der Waals surface area contributed by atoms with Crippen molar-refractivity contribution in [1.82, 2.24) is 5.32 Å². The first-order chi connectivity index (χ1) is 9.09. The van der Waals surface area contributed by atoms with Gasteiger partial charge in [0.1, 0.15) is 0 Å². The molecule has 0 heterocycles. The molecule has 0 radical (unpaired) electrons. The van der Waals surface area contributed by atoms with Gasteiger partial charge >= 0.3 is 0 Å². The van der Waals surface area contributed by atoms with E-state index in [0.29, 0.717) is 10.6 Å². The zero-order chi connectivity index (χ0) is 13.8. The highest BCUT2D eigenvalue weighted by Gasteiger charge is 2.11. The first-order valence-corrected chi connectivity index (χ1v) is 6.38. The van der Waals surface area contributed by atoms with Crippen LogP contribution in [-0.4, -0.2) is 0 Å². The summed E-state index contributed by atoms with van der Waals surface area (Å²) in [6.45, 7) is 2.17. The van der Waals surface area contributed by atoms with Gasteiger partial charge in [-0.05, 0) is 24.6 Å². The van der Waals surface area contributed by atoms with E-state index in [-0.39, 0.29) is 12.6 Å². The van der Waals surface area contributed by atoms with Crippen LogP contribution in [0.5, 0.6) is 0 Å². The Balaban J connectivity index is 2.07. The molecule has 2 rings (SSSR count). The summed E-state index contributed by atoms with van der Waals surface area (Å²) in [5.74, 6) is -1.63. The molecule has 0 saturated carbocycles. The molecule has 0 aliphatic carbocycles. The van der Waals surface area contributed by atoms with Crippen LogP contribution in [0.1, 0.15) is 24.1 Å². The van der Waals surface area contributed by atoms with E-state index in [9.17, 15) is 8.78 Å². The Morgan fingerprint density at radius 2 is 1.84 bits per heavy atom. The van der Waals surface area contributed by atoms with E-state index in [0.717, 1.165) is 11.6 Å². The van der Waals surface area contributed by atoms with Gasteiger partial charge in [-0.25, -0.2) is 8.78 Å². The maximum atomic E-state index is 13.5. The predicted octanol–water partition coefficient (Wildman–Crippen LogP) is 4.47. The number of nitrogens with one attached hydrogen (secondary N) is 1. The molecule has 19 heavy (non-hydrogen) atoms. The zero-order valence-corrected chi connectivity index (χ0v) is 11.2. The molecule has 0 amide bonds. The van der Waals surface area contributed by atoms with Gasteiger partial charge in [0.2, 0.25) is 0 Å². The fraction of sp³-hybridized carbons (Fsp3) is 0.200. The zero-order valence-electron chi connectivity index (χ0n) is 10.5. The number of halogens is 3. The van der Waals surface area contributed by atoms with Crippen LogP contribution in [0.3, 0.4) is 0 Å². The minimum absolute atomic E-state index is 0.0450. The Hall–Kier alpha value is -1.45. The van der Waals surface area contributed by atoms with Crippen molar-refractivity contribution in [3.05, 3.63) is 70.2 Å². The lowest BCUT2D eigenvalue weighted by atomic mass is 10.1. The molecule has 100 valence electrons. The number of rotatable bonds is 4. The van der Waals surface area contributed by atoms with Gasteiger partial charge in [0.05, 0.1) is 0 Å². The van der Waals surface area contributed by atoms with Crippen LogP contribution < -0.4 is 5.32 Å². The normalized spacial score (nSPS) is 12.4. The van der Waals surface area contributed by atoms with Crippen LogP contribution in [0.4, 0.5) is 8.78 Å². The van der Waals surface area contributed by atoms with Crippen LogP contribution >= 0.6 is 11.6 Å². The van der Waals surface area contributed by atoms with Crippen molar-refractivity contribution in [2.24, 2.45) is 0 Å². The molecule has 1 atom stereocenters. The molecule has 0 saturated heterocycles. The third kappa shape index (κ3) is 3.31. The van der Waals surface area contributed by atoms with E-state index in [2.05, 4.69) is 5.32 Å². The molecule has 1 N–H and O–H groups in total. The summed E-state index contributed by atoms with van der Waals surface area (Å²) in [6, 6.07) is 11.6. The number of hydrogen-bond acceptors (Lipinski definition) is 1. The summed E-state index contributed by atoms with van der Waals surface area (Å²) < 4.78 is 26.6.